The second kappa shape index (κ2) is 7.86. The molecule has 4 rings (SSSR count). The molecule has 0 spiro atoms. The highest BCUT2D eigenvalue weighted by atomic mass is 32.1. The van der Waals surface area contributed by atoms with Crippen LogP contribution in [-0.4, -0.2) is 59.8 Å². The van der Waals surface area contributed by atoms with E-state index in [1.165, 1.54) is 12.0 Å². The predicted molar refractivity (Wildman–Crippen MR) is 110 cm³/mol. The first-order chi connectivity index (χ1) is 14.4. The Morgan fingerprint density at radius 2 is 2.07 bits per heavy atom. The van der Waals surface area contributed by atoms with Gasteiger partial charge in [0.2, 0.25) is 11.8 Å². The highest BCUT2D eigenvalue weighted by molar-refractivity contribution is 7.16. The Labute approximate surface area is 176 Å². The Bertz CT molecular complexity index is 1050. The van der Waals surface area contributed by atoms with E-state index >= 15 is 0 Å². The Kier molecular flexibility index (Phi) is 5.25. The molecule has 1 N–H and O–H groups in total. The molecule has 156 valence electrons. The lowest BCUT2D eigenvalue weighted by Crippen LogP contribution is -2.47. The normalized spacial score (nSPS) is 18.0. The fraction of sp³-hybridized carbons (Fsp3) is 0.350. The standard InChI is InChI=1S/C20H20N4O5S/c1-11-16(19(28)29-2)22-20(30-11)21-15(25)10-24-13-7-4-3-6-12(13)17(26)23-9-5-8-14(23)18(24)27/h3-4,6-7,14H,5,8-10H2,1-2H3,(H,21,22,25)/t14-/m1/s1. The first-order valence-corrected chi connectivity index (χ1v) is 10.3. The molecule has 3 amide bonds. The number of thiazole rings is 1. The van der Waals surface area contributed by atoms with Crippen molar-refractivity contribution >= 4 is 45.8 Å². The van der Waals surface area contributed by atoms with Crippen molar-refractivity contribution in [3.05, 3.63) is 40.4 Å². The third kappa shape index (κ3) is 3.43. The van der Waals surface area contributed by atoms with E-state index in [0.29, 0.717) is 29.1 Å². The molecule has 2 aromatic rings. The number of hydrogen-bond acceptors (Lipinski definition) is 7. The van der Waals surface area contributed by atoms with Crippen LogP contribution in [0.3, 0.4) is 0 Å². The second-order valence-corrected chi connectivity index (χ2v) is 8.26. The maximum Gasteiger partial charge on any atom is 0.357 e. The van der Waals surface area contributed by atoms with Crippen LogP contribution < -0.4 is 10.2 Å². The molecule has 0 radical (unpaired) electrons. The van der Waals surface area contributed by atoms with Gasteiger partial charge in [0.25, 0.3) is 5.91 Å². The minimum atomic E-state index is -0.583. The Balaban J connectivity index is 1.59. The molecule has 2 aliphatic rings. The SMILES string of the molecule is COC(=O)c1nc(NC(=O)CN2C(=O)[C@H]3CCCN3C(=O)c3ccccc32)sc1C. The number of fused-ring (bicyclic) bond motifs is 2. The van der Waals surface area contributed by atoms with Crippen molar-refractivity contribution in [1.29, 1.82) is 0 Å². The number of aryl methyl sites for hydroxylation is 1. The summed E-state index contributed by atoms with van der Waals surface area (Å²) in [6, 6.07) is 6.24. The molecule has 3 heterocycles. The van der Waals surface area contributed by atoms with E-state index in [0.717, 1.165) is 17.8 Å². The van der Waals surface area contributed by atoms with Gasteiger partial charge in [-0.05, 0) is 31.9 Å². The Hall–Kier alpha value is -3.27. The van der Waals surface area contributed by atoms with Gasteiger partial charge in [0.05, 0.1) is 18.4 Å². The van der Waals surface area contributed by atoms with Crippen LogP contribution in [0, 0.1) is 6.92 Å². The van der Waals surface area contributed by atoms with Gasteiger partial charge in [-0.25, -0.2) is 9.78 Å². The van der Waals surface area contributed by atoms with Crippen molar-refractivity contribution in [2.45, 2.75) is 25.8 Å². The first-order valence-electron chi connectivity index (χ1n) is 9.47. The molecule has 0 bridgehead atoms. The summed E-state index contributed by atoms with van der Waals surface area (Å²) >= 11 is 1.15. The minimum absolute atomic E-state index is 0.140. The number of carbonyl (C=O) groups is 4. The van der Waals surface area contributed by atoms with Gasteiger partial charge in [0, 0.05) is 11.4 Å². The number of benzene rings is 1. The van der Waals surface area contributed by atoms with Gasteiger partial charge in [0.15, 0.2) is 10.8 Å². The topological polar surface area (TPSA) is 109 Å². The van der Waals surface area contributed by atoms with Crippen LogP contribution in [-0.2, 0) is 14.3 Å². The lowest BCUT2D eigenvalue weighted by atomic mass is 10.1. The molecule has 2 aliphatic heterocycles. The zero-order valence-corrected chi connectivity index (χ0v) is 17.3. The highest BCUT2D eigenvalue weighted by Gasteiger charge is 2.42. The molecule has 1 atom stereocenters. The van der Waals surface area contributed by atoms with E-state index in [9.17, 15) is 19.2 Å². The summed E-state index contributed by atoms with van der Waals surface area (Å²) in [7, 11) is 1.26. The number of nitrogens with zero attached hydrogens (tertiary/aromatic N) is 3. The molecule has 1 saturated heterocycles. The van der Waals surface area contributed by atoms with E-state index in [1.807, 2.05) is 0 Å². The van der Waals surface area contributed by atoms with E-state index in [4.69, 9.17) is 0 Å². The van der Waals surface area contributed by atoms with Crippen LogP contribution in [0.1, 0.15) is 38.6 Å². The van der Waals surface area contributed by atoms with E-state index in [1.54, 1.807) is 36.1 Å². The van der Waals surface area contributed by atoms with Crippen LogP contribution >= 0.6 is 11.3 Å². The lowest BCUT2D eigenvalue weighted by Gasteiger charge is -2.25. The Morgan fingerprint density at radius 1 is 1.30 bits per heavy atom. The summed E-state index contributed by atoms with van der Waals surface area (Å²) in [6.45, 7) is 1.96. The van der Waals surface area contributed by atoms with Crippen LogP contribution in [0.4, 0.5) is 10.8 Å². The Morgan fingerprint density at radius 3 is 2.83 bits per heavy atom. The van der Waals surface area contributed by atoms with Gasteiger partial charge in [-0.15, -0.1) is 11.3 Å². The van der Waals surface area contributed by atoms with E-state index < -0.39 is 17.9 Å². The van der Waals surface area contributed by atoms with Crippen LogP contribution in [0.2, 0.25) is 0 Å². The van der Waals surface area contributed by atoms with E-state index in [-0.39, 0.29) is 29.2 Å². The average molecular weight is 428 g/mol. The lowest BCUT2D eigenvalue weighted by molar-refractivity contribution is -0.124. The van der Waals surface area contributed by atoms with Crippen LogP contribution in [0.5, 0.6) is 0 Å². The van der Waals surface area contributed by atoms with E-state index in [2.05, 4.69) is 15.0 Å². The van der Waals surface area contributed by atoms with Crippen molar-refractivity contribution < 1.29 is 23.9 Å². The number of methoxy groups -OCH3 is 1. The molecule has 30 heavy (non-hydrogen) atoms. The molecule has 1 fully saturated rings. The molecule has 1 aromatic carbocycles. The second-order valence-electron chi connectivity index (χ2n) is 7.06. The smallest absolute Gasteiger partial charge is 0.357 e. The number of ether oxygens (including phenoxy) is 1. The monoisotopic (exact) mass is 428 g/mol. The summed E-state index contributed by atoms with van der Waals surface area (Å²) in [5, 5.41) is 2.88. The highest BCUT2D eigenvalue weighted by Crippen LogP contribution is 2.32. The van der Waals surface area contributed by atoms with Crippen molar-refractivity contribution in [3.8, 4) is 0 Å². The van der Waals surface area contributed by atoms with Crippen molar-refractivity contribution in [2.24, 2.45) is 0 Å². The maximum absolute atomic E-state index is 13.2. The molecule has 0 saturated carbocycles. The molecule has 9 nitrogen and oxygen atoms in total. The average Bonchev–Trinajstić information content (AvgIpc) is 3.35. The van der Waals surface area contributed by atoms with Gasteiger partial charge >= 0.3 is 5.97 Å². The number of anilines is 2. The van der Waals surface area contributed by atoms with Crippen molar-refractivity contribution in [3.63, 3.8) is 0 Å². The molecule has 1 aromatic heterocycles. The largest absolute Gasteiger partial charge is 0.464 e. The van der Waals surface area contributed by atoms with Gasteiger partial charge in [-0.3, -0.25) is 14.4 Å². The summed E-state index contributed by atoms with van der Waals surface area (Å²) in [4.78, 5) is 58.2. The number of amides is 3. The molecular weight excluding hydrogens is 408 g/mol. The molecule has 0 aliphatic carbocycles. The van der Waals surface area contributed by atoms with Gasteiger partial charge in [0.1, 0.15) is 12.6 Å². The number of hydrogen-bond donors (Lipinski definition) is 1. The van der Waals surface area contributed by atoms with Gasteiger partial charge < -0.3 is 19.9 Å². The maximum atomic E-state index is 13.2. The predicted octanol–water partition coefficient (Wildman–Crippen LogP) is 1.83. The van der Waals surface area contributed by atoms with Crippen molar-refractivity contribution in [2.75, 3.05) is 30.4 Å². The number of carbonyl (C=O) groups excluding carboxylic acids is 4. The van der Waals surface area contributed by atoms with Gasteiger partial charge in [-0.2, -0.15) is 0 Å². The molecular formula is C20H20N4O5S. The number of esters is 1. The third-order valence-electron chi connectivity index (χ3n) is 5.21. The molecule has 10 heteroatoms. The fourth-order valence-electron chi connectivity index (χ4n) is 3.81. The zero-order valence-electron chi connectivity index (χ0n) is 16.5. The van der Waals surface area contributed by atoms with Crippen molar-refractivity contribution in [1.82, 2.24) is 9.88 Å². The summed E-state index contributed by atoms with van der Waals surface area (Å²) < 4.78 is 4.68. The third-order valence-corrected chi connectivity index (χ3v) is 6.10. The zero-order chi connectivity index (χ0) is 21.4. The van der Waals surface area contributed by atoms with Crippen LogP contribution in [0.25, 0.3) is 0 Å². The number of aromatic nitrogens is 1. The molecule has 0 unspecified atom stereocenters. The number of para-hydroxylation sites is 1. The number of rotatable bonds is 4. The fourth-order valence-corrected chi connectivity index (χ4v) is 4.63. The minimum Gasteiger partial charge on any atom is -0.464 e. The van der Waals surface area contributed by atoms with Crippen LogP contribution in [0.15, 0.2) is 24.3 Å². The quantitative estimate of drug-likeness (QED) is 0.744. The van der Waals surface area contributed by atoms with Gasteiger partial charge in [-0.1, -0.05) is 12.1 Å². The first kappa shape index (κ1) is 20.0. The summed E-state index contributed by atoms with van der Waals surface area (Å²) in [5.41, 5.74) is 0.963. The summed E-state index contributed by atoms with van der Waals surface area (Å²) in [6.07, 6.45) is 1.32. The number of nitrogens with one attached hydrogen (secondary N) is 1. The summed E-state index contributed by atoms with van der Waals surface area (Å²) in [5.74, 6) is -1.52.